The van der Waals surface area contributed by atoms with Crippen LogP contribution < -0.4 is 5.32 Å². The van der Waals surface area contributed by atoms with Gasteiger partial charge < -0.3 is 5.32 Å². The Balaban J connectivity index is 3.02. The van der Waals surface area contributed by atoms with Gasteiger partial charge in [-0.3, -0.25) is 0 Å². The molecule has 0 heterocycles. The Kier molecular flexibility index (Phi) is 2.63. The third-order valence-corrected chi connectivity index (χ3v) is 1.77. The SMILES string of the molecule is CNc1ccc(C(F)F)cc1C. The second-order valence-corrected chi connectivity index (χ2v) is 2.63. The first-order valence-electron chi connectivity index (χ1n) is 3.71. The van der Waals surface area contributed by atoms with Crippen LogP contribution in [-0.2, 0) is 0 Å². The van der Waals surface area contributed by atoms with E-state index in [1.165, 1.54) is 12.1 Å². The zero-order valence-electron chi connectivity index (χ0n) is 7.07. The highest BCUT2D eigenvalue weighted by Gasteiger charge is 2.07. The molecular formula is C9H11F2N. The van der Waals surface area contributed by atoms with Gasteiger partial charge in [-0.1, -0.05) is 6.07 Å². The third kappa shape index (κ3) is 1.72. The number of hydrogen-bond acceptors (Lipinski definition) is 1. The summed E-state index contributed by atoms with van der Waals surface area (Å²) in [5.41, 5.74) is 1.81. The zero-order valence-corrected chi connectivity index (χ0v) is 7.07. The van der Waals surface area contributed by atoms with Crippen molar-refractivity contribution >= 4 is 5.69 Å². The summed E-state index contributed by atoms with van der Waals surface area (Å²) in [6, 6.07) is 4.59. The summed E-state index contributed by atoms with van der Waals surface area (Å²) in [5.74, 6) is 0. The van der Waals surface area contributed by atoms with Crippen LogP contribution in [0.5, 0.6) is 0 Å². The lowest BCUT2D eigenvalue weighted by Gasteiger charge is -2.06. The van der Waals surface area contributed by atoms with E-state index in [2.05, 4.69) is 5.32 Å². The first kappa shape index (κ1) is 8.97. The molecule has 0 aliphatic rings. The molecule has 0 bridgehead atoms. The standard InChI is InChI=1S/C9H11F2N/c1-6-5-7(9(10)11)3-4-8(6)12-2/h3-5,9,12H,1-2H3. The Morgan fingerprint density at radius 2 is 2.00 bits per heavy atom. The Morgan fingerprint density at radius 1 is 1.33 bits per heavy atom. The van der Waals surface area contributed by atoms with Crippen molar-refractivity contribution in [1.82, 2.24) is 0 Å². The van der Waals surface area contributed by atoms with E-state index in [0.29, 0.717) is 0 Å². The topological polar surface area (TPSA) is 12.0 Å². The van der Waals surface area contributed by atoms with Gasteiger partial charge in [0, 0.05) is 18.3 Å². The quantitative estimate of drug-likeness (QED) is 0.721. The van der Waals surface area contributed by atoms with E-state index in [0.717, 1.165) is 11.3 Å². The number of hydrogen-bond donors (Lipinski definition) is 1. The predicted octanol–water partition coefficient (Wildman–Crippen LogP) is 2.97. The molecule has 1 N–H and O–H groups in total. The van der Waals surface area contributed by atoms with Crippen molar-refractivity contribution < 1.29 is 8.78 Å². The minimum atomic E-state index is -2.38. The molecule has 0 amide bonds. The van der Waals surface area contributed by atoms with Crippen LogP contribution in [0.25, 0.3) is 0 Å². The maximum Gasteiger partial charge on any atom is 0.263 e. The van der Waals surface area contributed by atoms with Gasteiger partial charge in [-0.05, 0) is 24.6 Å². The summed E-state index contributed by atoms with van der Waals surface area (Å²) in [6.45, 7) is 1.80. The van der Waals surface area contributed by atoms with E-state index in [4.69, 9.17) is 0 Å². The summed E-state index contributed by atoms with van der Waals surface area (Å²) in [5, 5.41) is 2.92. The highest BCUT2D eigenvalue weighted by molar-refractivity contribution is 5.51. The van der Waals surface area contributed by atoms with Gasteiger partial charge in [0.2, 0.25) is 0 Å². The highest BCUT2D eigenvalue weighted by Crippen LogP contribution is 2.23. The number of aryl methyl sites for hydroxylation is 1. The summed E-state index contributed by atoms with van der Waals surface area (Å²) < 4.78 is 24.3. The first-order chi connectivity index (χ1) is 5.65. The Labute approximate surface area is 70.4 Å². The van der Waals surface area contributed by atoms with E-state index < -0.39 is 6.43 Å². The summed E-state index contributed by atoms with van der Waals surface area (Å²) in [7, 11) is 1.77. The van der Waals surface area contributed by atoms with Gasteiger partial charge in [0.15, 0.2) is 0 Å². The summed E-state index contributed by atoms with van der Waals surface area (Å²) in [4.78, 5) is 0. The zero-order chi connectivity index (χ0) is 9.14. The molecule has 66 valence electrons. The molecule has 3 heteroatoms. The Bertz CT molecular complexity index is 271. The lowest BCUT2D eigenvalue weighted by molar-refractivity contribution is 0.151. The number of nitrogens with one attached hydrogen (secondary N) is 1. The number of rotatable bonds is 2. The van der Waals surface area contributed by atoms with E-state index in [1.54, 1.807) is 20.0 Å². The van der Waals surface area contributed by atoms with Crippen LogP contribution in [0.15, 0.2) is 18.2 Å². The normalized spacial score (nSPS) is 10.4. The Morgan fingerprint density at radius 3 is 2.42 bits per heavy atom. The molecule has 1 rings (SSSR count). The van der Waals surface area contributed by atoms with E-state index >= 15 is 0 Å². The largest absolute Gasteiger partial charge is 0.388 e. The van der Waals surface area contributed by atoms with E-state index in [1.807, 2.05) is 0 Å². The molecular weight excluding hydrogens is 160 g/mol. The summed E-state index contributed by atoms with van der Waals surface area (Å²) >= 11 is 0. The van der Waals surface area contributed by atoms with Crippen LogP contribution in [0.1, 0.15) is 17.6 Å². The number of halogens is 2. The van der Waals surface area contributed by atoms with Crippen molar-refractivity contribution in [2.45, 2.75) is 13.3 Å². The fraction of sp³-hybridized carbons (Fsp3) is 0.333. The molecule has 0 unspecified atom stereocenters. The van der Waals surface area contributed by atoms with Crippen molar-refractivity contribution in [2.24, 2.45) is 0 Å². The maximum atomic E-state index is 12.2. The van der Waals surface area contributed by atoms with Crippen molar-refractivity contribution in [3.8, 4) is 0 Å². The van der Waals surface area contributed by atoms with Crippen molar-refractivity contribution in [2.75, 3.05) is 12.4 Å². The van der Waals surface area contributed by atoms with Crippen molar-refractivity contribution in [1.29, 1.82) is 0 Å². The molecule has 1 nitrogen and oxygen atoms in total. The van der Waals surface area contributed by atoms with Gasteiger partial charge in [0.25, 0.3) is 6.43 Å². The van der Waals surface area contributed by atoms with Crippen molar-refractivity contribution in [3.05, 3.63) is 29.3 Å². The number of anilines is 1. The van der Waals surface area contributed by atoms with Gasteiger partial charge in [0.1, 0.15) is 0 Å². The Hall–Kier alpha value is -1.12. The van der Waals surface area contributed by atoms with Crippen LogP contribution >= 0.6 is 0 Å². The maximum absolute atomic E-state index is 12.2. The average molecular weight is 171 g/mol. The third-order valence-electron chi connectivity index (χ3n) is 1.77. The van der Waals surface area contributed by atoms with Crippen LogP contribution in [-0.4, -0.2) is 7.05 Å². The molecule has 0 atom stereocenters. The first-order valence-corrected chi connectivity index (χ1v) is 3.71. The second kappa shape index (κ2) is 3.52. The summed E-state index contributed by atoms with van der Waals surface area (Å²) in [6.07, 6.45) is -2.38. The van der Waals surface area contributed by atoms with Gasteiger partial charge in [-0.25, -0.2) is 8.78 Å². The molecule has 0 saturated heterocycles. The smallest absolute Gasteiger partial charge is 0.263 e. The van der Waals surface area contributed by atoms with Gasteiger partial charge in [-0.2, -0.15) is 0 Å². The lowest BCUT2D eigenvalue weighted by atomic mass is 10.1. The van der Waals surface area contributed by atoms with E-state index in [-0.39, 0.29) is 5.56 Å². The van der Waals surface area contributed by atoms with Gasteiger partial charge in [0.05, 0.1) is 0 Å². The number of alkyl halides is 2. The minimum Gasteiger partial charge on any atom is -0.388 e. The van der Waals surface area contributed by atoms with Crippen LogP contribution in [0.3, 0.4) is 0 Å². The fourth-order valence-corrected chi connectivity index (χ4v) is 1.10. The molecule has 0 spiro atoms. The molecule has 12 heavy (non-hydrogen) atoms. The second-order valence-electron chi connectivity index (χ2n) is 2.63. The minimum absolute atomic E-state index is 0.0755. The van der Waals surface area contributed by atoms with Crippen LogP contribution in [0, 0.1) is 6.92 Å². The average Bonchev–Trinajstić information content (AvgIpc) is 2.04. The molecule has 0 aliphatic carbocycles. The number of benzene rings is 1. The van der Waals surface area contributed by atoms with Crippen LogP contribution in [0.2, 0.25) is 0 Å². The highest BCUT2D eigenvalue weighted by atomic mass is 19.3. The van der Waals surface area contributed by atoms with Crippen LogP contribution in [0.4, 0.5) is 14.5 Å². The molecule has 0 fully saturated rings. The fourth-order valence-electron chi connectivity index (χ4n) is 1.10. The monoisotopic (exact) mass is 171 g/mol. The van der Waals surface area contributed by atoms with Gasteiger partial charge >= 0.3 is 0 Å². The molecule has 0 radical (unpaired) electrons. The molecule has 0 aliphatic heterocycles. The lowest BCUT2D eigenvalue weighted by Crippen LogP contribution is -1.93. The molecule has 0 aromatic heterocycles. The molecule has 1 aromatic carbocycles. The van der Waals surface area contributed by atoms with E-state index in [9.17, 15) is 8.78 Å². The van der Waals surface area contributed by atoms with Gasteiger partial charge in [-0.15, -0.1) is 0 Å². The molecule has 1 aromatic rings. The van der Waals surface area contributed by atoms with Crippen molar-refractivity contribution in [3.63, 3.8) is 0 Å². The predicted molar refractivity (Wildman–Crippen MR) is 45.7 cm³/mol. The molecule has 0 saturated carbocycles.